The van der Waals surface area contributed by atoms with Crippen LogP contribution in [-0.4, -0.2) is 40.5 Å². The van der Waals surface area contributed by atoms with Gasteiger partial charge in [-0.1, -0.05) is 23.7 Å². The molecule has 1 saturated heterocycles. The Morgan fingerprint density at radius 3 is 2.58 bits per heavy atom. The topological polar surface area (TPSA) is 49.9 Å². The van der Waals surface area contributed by atoms with Crippen LogP contribution in [0.5, 0.6) is 0 Å². The lowest BCUT2D eigenvalue weighted by Gasteiger charge is -2.34. The summed E-state index contributed by atoms with van der Waals surface area (Å²) in [6.45, 7) is 7.34. The second kappa shape index (κ2) is 9.34. The molecule has 2 aliphatic heterocycles. The van der Waals surface area contributed by atoms with Crippen molar-refractivity contribution in [2.45, 2.75) is 64.6 Å². The highest BCUT2D eigenvalue weighted by molar-refractivity contribution is 6.30. The molecular weight excluding hydrogens is 443 g/mol. The number of carbonyl (C=O) groups is 2. The average Bonchev–Trinajstić information content (AvgIpc) is 3.23. The fraction of sp³-hybridized carbons (Fsp3) is 0.462. The largest absolute Gasteiger partial charge is 0.444 e. The van der Waals surface area contributed by atoms with Crippen molar-refractivity contribution in [1.29, 1.82) is 0 Å². The van der Waals surface area contributed by atoms with Gasteiger partial charge in [0.1, 0.15) is 11.4 Å². The molecule has 0 saturated carbocycles. The second-order valence-electron chi connectivity index (χ2n) is 9.83. The van der Waals surface area contributed by atoms with Crippen molar-refractivity contribution in [2.75, 3.05) is 13.1 Å². The zero-order chi connectivity index (χ0) is 23.8. The molecule has 2 aromatic rings. The molecule has 4 rings (SSSR count). The summed E-state index contributed by atoms with van der Waals surface area (Å²) in [5.41, 5.74) is 3.49. The van der Waals surface area contributed by atoms with Crippen molar-refractivity contribution in [2.24, 2.45) is 0 Å². The molecule has 2 aromatic carbocycles. The first-order valence-corrected chi connectivity index (χ1v) is 11.8. The van der Waals surface area contributed by atoms with E-state index in [0.717, 1.165) is 29.5 Å². The van der Waals surface area contributed by atoms with E-state index >= 15 is 0 Å². The maximum atomic E-state index is 13.2. The highest BCUT2D eigenvalue weighted by Crippen LogP contribution is 2.39. The van der Waals surface area contributed by atoms with Crippen molar-refractivity contribution in [3.63, 3.8) is 0 Å². The van der Waals surface area contributed by atoms with Crippen LogP contribution in [0.1, 0.15) is 61.9 Å². The van der Waals surface area contributed by atoms with E-state index in [0.29, 0.717) is 31.1 Å². The minimum Gasteiger partial charge on any atom is -0.444 e. The summed E-state index contributed by atoms with van der Waals surface area (Å²) >= 11 is 6.49. The van der Waals surface area contributed by atoms with Crippen LogP contribution < -0.4 is 0 Å². The number of halogens is 2. The number of rotatable bonds is 3. The molecule has 0 radical (unpaired) electrons. The molecule has 0 bridgehead atoms. The van der Waals surface area contributed by atoms with Gasteiger partial charge in [0.25, 0.3) is 0 Å². The Morgan fingerprint density at radius 2 is 1.88 bits per heavy atom. The normalized spacial score (nSPS) is 18.3. The predicted molar refractivity (Wildman–Crippen MR) is 126 cm³/mol. The fourth-order valence-corrected chi connectivity index (χ4v) is 4.97. The molecule has 2 amide bonds. The highest BCUT2D eigenvalue weighted by Gasteiger charge is 2.36. The Bertz CT molecular complexity index is 1050. The quantitative estimate of drug-likeness (QED) is 0.577. The van der Waals surface area contributed by atoms with Crippen LogP contribution in [0.4, 0.5) is 9.18 Å². The van der Waals surface area contributed by atoms with Gasteiger partial charge in [0.15, 0.2) is 0 Å². The van der Waals surface area contributed by atoms with Crippen LogP contribution in [0.3, 0.4) is 0 Å². The zero-order valence-corrected chi connectivity index (χ0v) is 20.1. The van der Waals surface area contributed by atoms with Crippen molar-refractivity contribution in [1.82, 2.24) is 9.80 Å². The summed E-state index contributed by atoms with van der Waals surface area (Å²) in [7, 11) is 0. The van der Waals surface area contributed by atoms with Gasteiger partial charge < -0.3 is 14.5 Å². The molecule has 1 atom stereocenters. The summed E-state index contributed by atoms with van der Waals surface area (Å²) in [6.07, 6.45) is 2.41. The van der Waals surface area contributed by atoms with E-state index in [9.17, 15) is 14.0 Å². The maximum Gasteiger partial charge on any atom is 0.410 e. The third-order valence-corrected chi connectivity index (χ3v) is 6.41. The van der Waals surface area contributed by atoms with Crippen molar-refractivity contribution < 1.29 is 18.7 Å². The van der Waals surface area contributed by atoms with Crippen LogP contribution in [-0.2, 0) is 28.9 Å². The number of hydrogen-bond acceptors (Lipinski definition) is 3. The van der Waals surface area contributed by atoms with E-state index in [4.69, 9.17) is 16.3 Å². The number of ether oxygens (including phenoxy) is 1. The summed E-state index contributed by atoms with van der Waals surface area (Å²) in [5, 5.41) is 0.604. The number of hydrogen-bond donors (Lipinski definition) is 0. The summed E-state index contributed by atoms with van der Waals surface area (Å²) < 4.78 is 18.8. The Morgan fingerprint density at radius 1 is 1.15 bits per heavy atom. The Balaban J connectivity index is 1.53. The Hall–Kier alpha value is -2.60. The molecule has 5 nitrogen and oxygen atoms in total. The average molecular weight is 473 g/mol. The van der Waals surface area contributed by atoms with Crippen molar-refractivity contribution in [3.05, 3.63) is 69.5 Å². The molecule has 2 heterocycles. The molecule has 1 fully saturated rings. The summed E-state index contributed by atoms with van der Waals surface area (Å²) in [5.74, 6) is -0.308. The molecule has 0 unspecified atom stereocenters. The first-order valence-electron chi connectivity index (χ1n) is 11.4. The smallest absolute Gasteiger partial charge is 0.410 e. The van der Waals surface area contributed by atoms with Gasteiger partial charge in [-0.2, -0.15) is 0 Å². The van der Waals surface area contributed by atoms with Gasteiger partial charge in [-0.05, 0) is 86.6 Å². The molecule has 0 spiro atoms. The number of likely N-dealkylation sites (tertiary alicyclic amines) is 1. The minimum absolute atomic E-state index is 0.00466. The third kappa shape index (κ3) is 5.49. The van der Waals surface area contributed by atoms with E-state index in [1.54, 1.807) is 12.1 Å². The van der Waals surface area contributed by atoms with Gasteiger partial charge in [0.05, 0.1) is 12.5 Å². The number of amides is 2. The lowest BCUT2D eigenvalue weighted by molar-refractivity contribution is -0.131. The van der Waals surface area contributed by atoms with Gasteiger partial charge in [-0.25, -0.2) is 9.18 Å². The van der Waals surface area contributed by atoms with Gasteiger partial charge in [-0.15, -0.1) is 0 Å². The number of benzene rings is 2. The molecule has 2 aliphatic rings. The SMILES string of the molecule is CC(C)(C)OC(=O)N1CCC[C@H]1c1cc(Cl)cc2c1CCN(C(=O)Cc1ccc(F)cc1)C2. The molecule has 176 valence electrons. The second-order valence-corrected chi connectivity index (χ2v) is 10.3. The Kier molecular flexibility index (Phi) is 6.66. The van der Waals surface area contributed by atoms with Crippen LogP contribution >= 0.6 is 11.6 Å². The summed E-state index contributed by atoms with van der Waals surface area (Å²) in [4.78, 5) is 29.4. The fourth-order valence-electron chi connectivity index (χ4n) is 4.72. The minimum atomic E-state index is -0.552. The molecule has 0 N–H and O–H groups in total. The van der Waals surface area contributed by atoms with E-state index in [2.05, 4.69) is 0 Å². The van der Waals surface area contributed by atoms with Gasteiger partial charge in [0, 0.05) is 24.7 Å². The first kappa shape index (κ1) is 23.6. The van der Waals surface area contributed by atoms with E-state index < -0.39 is 5.60 Å². The molecule has 7 heteroatoms. The lowest BCUT2D eigenvalue weighted by Crippen LogP contribution is -2.39. The predicted octanol–water partition coefficient (Wildman–Crippen LogP) is 5.68. The van der Waals surface area contributed by atoms with Gasteiger partial charge in [0.2, 0.25) is 5.91 Å². The van der Waals surface area contributed by atoms with E-state index in [-0.39, 0.29) is 30.3 Å². The number of carbonyl (C=O) groups excluding carboxylic acids is 2. The zero-order valence-electron chi connectivity index (χ0n) is 19.4. The molecule has 0 aromatic heterocycles. The Labute approximate surface area is 199 Å². The third-order valence-electron chi connectivity index (χ3n) is 6.20. The van der Waals surface area contributed by atoms with Crippen LogP contribution in [0.15, 0.2) is 36.4 Å². The molecule has 0 aliphatic carbocycles. The van der Waals surface area contributed by atoms with E-state index in [1.807, 2.05) is 42.7 Å². The lowest BCUT2D eigenvalue weighted by atomic mass is 9.89. The first-order chi connectivity index (χ1) is 15.6. The molecular formula is C26H30ClFN2O3. The number of fused-ring (bicyclic) bond motifs is 1. The van der Waals surface area contributed by atoms with Crippen molar-refractivity contribution >= 4 is 23.6 Å². The van der Waals surface area contributed by atoms with Gasteiger partial charge >= 0.3 is 6.09 Å². The maximum absolute atomic E-state index is 13.2. The summed E-state index contributed by atoms with van der Waals surface area (Å²) in [6, 6.07) is 9.84. The van der Waals surface area contributed by atoms with Crippen LogP contribution in [0, 0.1) is 5.82 Å². The van der Waals surface area contributed by atoms with Crippen molar-refractivity contribution in [3.8, 4) is 0 Å². The van der Waals surface area contributed by atoms with Crippen LogP contribution in [0.25, 0.3) is 0 Å². The highest BCUT2D eigenvalue weighted by atomic mass is 35.5. The monoisotopic (exact) mass is 472 g/mol. The van der Waals surface area contributed by atoms with E-state index in [1.165, 1.54) is 17.7 Å². The van der Waals surface area contributed by atoms with Crippen LogP contribution in [0.2, 0.25) is 5.02 Å². The standard InChI is InChI=1S/C26H30ClFN2O3/c1-26(2,3)33-25(32)30-11-4-5-23(30)22-15-19(27)14-18-16-29(12-10-21(18)22)24(31)13-17-6-8-20(28)9-7-17/h6-9,14-15,23H,4-5,10-13,16H2,1-3H3/t23-/m0/s1. The number of nitrogens with zero attached hydrogens (tertiary/aromatic N) is 2. The van der Waals surface area contributed by atoms with Gasteiger partial charge in [-0.3, -0.25) is 4.79 Å². The molecule has 33 heavy (non-hydrogen) atoms.